The maximum absolute atomic E-state index is 11.7. The van der Waals surface area contributed by atoms with Crippen LogP contribution in [-0.4, -0.2) is 11.1 Å². The predicted octanol–water partition coefficient (Wildman–Crippen LogP) is 4.12. The van der Waals surface area contributed by atoms with Crippen LogP contribution in [0.5, 0.6) is 11.5 Å². The van der Waals surface area contributed by atoms with Crippen molar-refractivity contribution in [3.63, 3.8) is 0 Å². The van der Waals surface area contributed by atoms with Gasteiger partial charge >= 0.3 is 5.97 Å². The van der Waals surface area contributed by atoms with Crippen LogP contribution < -0.4 is 4.74 Å². The second-order valence-corrected chi connectivity index (χ2v) is 4.75. The van der Waals surface area contributed by atoms with Crippen molar-refractivity contribution in [3.8, 4) is 11.5 Å². The molecular formula is C15H24O4. The summed E-state index contributed by atoms with van der Waals surface area (Å²) in [6.07, 6.45) is 6.37. The average molecular weight is 268 g/mol. The number of hydrogen-bond donors (Lipinski definition) is 1. The van der Waals surface area contributed by atoms with Gasteiger partial charge in [-0.2, -0.15) is 0 Å². The number of unbranched alkanes of at least 4 members (excludes halogenated alkanes) is 4. The minimum Gasteiger partial charge on any atom is -0.502 e. The monoisotopic (exact) mass is 268 g/mol. The van der Waals surface area contributed by atoms with Gasteiger partial charge in [0.1, 0.15) is 11.5 Å². The Morgan fingerprint density at radius 3 is 2.47 bits per heavy atom. The third-order valence-electron chi connectivity index (χ3n) is 3.10. The molecule has 0 radical (unpaired) electrons. The van der Waals surface area contributed by atoms with E-state index in [1.165, 1.54) is 12.8 Å². The number of carbonyl (C=O) groups is 1. The lowest BCUT2D eigenvalue weighted by atomic mass is 10.1. The van der Waals surface area contributed by atoms with Gasteiger partial charge in [0.05, 0.1) is 0 Å². The molecule has 0 saturated heterocycles. The van der Waals surface area contributed by atoms with Gasteiger partial charge in [-0.3, -0.25) is 4.79 Å². The Morgan fingerprint density at radius 1 is 1.21 bits per heavy atom. The van der Waals surface area contributed by atoms with Crippen molar-refractivity contribution in [1.29, 1.82) is 0 Å². The fourth-order valence-electron chi connectivity index (χ4n) is 1.97. The van der Waals surface area contributed by atoms with Crippen molar-refractivity contribution in [2.24, 2.45) is 0 Å². The number of aromatic hydroxyl groups is 1. The number of esters is 1. The third-order valence-corrected chi connectivity index (χ3v) is 3.10. The Balaban J connectivity index is 2.42. The molecule has 0 amide bonds. The Hall–Kier alpha value is -1.45. The summed E-state index contributed by atoms with van der Waals surface area (Å²) in [4.78, 5) is 11.7. The lowest BCUT2D eigenvalue weighted by molar-refractivity contribution is -0.134. The summed E-state index contributed by atoms with van der Waals surface area (Å²) in [5.74, 6) is 0.741. The first-order valence-electron chi connectivity index (χ1n) is 7.12. The zero-order chi connectivity index (χ0) is 14.3. The first-order valence-corrected chi connectivity index (χ1v) is 7.12. The average Bonchev–Trinajstić information content (AvgIpc) is 2.66. The molecule has 0 aliphatic heterocycles. The lowest BCUT2D eigenvalue weighted by Crippen LogP contribution is -2.07. The van der Waals surface area contributed by atoms with Gasteiger partial charge in [-0.25, -0.2) is 0 Å². The van der Waals surface area contributed by atoms with E-state index < -0.39 is 0 Å². The highest BCUT2D eigenvalue weighted by Crippen LogP contribution is 2.37. The van der Waals surface area contributed by atoms with Crippen LogP contribution in [0.3, 0.4) is 0 Å². The van der Waals surface area contributed by atoms with Gasteiger partial charge in [0.15, 0.2) is 0 Å². The molecule has 0 aromatic carbocycles. The Bertz CT molecular complexity index is 407. The van der Waals surface area contributed by atoms with Crippen LogP contribution in [0.15, 0.2) is 4.42 Å². The fourth-order valence-corrected chi connectivity index (χ4v) is 1.97. The van der Waals surface area contributed by atoms with Crippen molar-refractivity contribution in [2.45, 2.75) is 65.7 Å². The van der Waals surface area contributed by atoms with Crippen LogP contribution in [0.4, 0.5) is 0 Å². The quantitative estimate of drug-likeness (QED) is 0.569. The minimum atomic E-state index is -0.307. The molecule has 1 aromatic heterocycles. The van der Waals surface area contributed by atoms with Crippen LogP contribution in [0.1, 0.15) is 63.9 Å². The topological polar surface area (TPSA) is 59.7 Å². The Labute approximate surface area is 114 Å². The molecule has 0 unspecified atom stereocenters. The van der Waals surface area contributed by atoms with E-state index >= 15 is 0 Å². The molecule has 0 aliphatic carbocycles. The number of aryl methyl sites for hydroxylation is 2. The Morgan fingerprint density at radius 2 is 1.89 bits per heavy atom. The number of carbonyl (C=O) groups excluding carboxylic acids is 1. The molecule has 108 valence electrons. The third kappa shape index (κ3) is 4.62. The van der Waals surface area contributed by atoms with E-state index in [0.29, 0.717) is 24.4 Å². The molecule has 0 atom stereocenters. The van der Waals surface area contributed by atoms with E-state index in [1.807, 2.05) is 6.92 Å². The largest absolute Gasteiger partial charge is 0.502 e. The summed E-state index contributed by atoms with van der Waals surface area (Å²) in [7, 11) is 0. The summed E-state index contributed by atoms with van der Waals surface area (Å²) in [6, 6.07) is 0. The first kappa shape index (κ1) is 15.6. The van der Waals surface area contributed by atoms with Crippen molar-refractivity contribution in [2.75, 3.05) is 0 Å². The molecule has 1 aromatic rings. The van der Waals surface area contributed by atoms with Gasteiger partial charge in [-0.1, -0.05) is 39.5 Å². The molecule has 4 heteroatoms. The highest BCUT2D eigenvalue weighted by molar-refractivity contribution is 5.73. The van der Waals surface area contributed by atoms with Crippen LogP contribution in [0, 0.1) is 6.92 Å². The molecule has 0 bridgehead atoms. The van der Waals surface area contributed by atoms with Crippen molar-refractivity contribution in [3.05, 3.63) is 11.5 Å². The van der Waals surface area contributed by atoms with Crippen molar-refractivity contribution >= 4 is 5.97 Å². The highest BCUT2D eigenvalue weighted by Gasteiger charge is 2.19. The zero-order valence-corrected chi connectivity index (χ0v) is 12.1. The van der Waals surface area contributed by atoms with E-state index in [4.69, 9.17) is 9.15 Å². The second kappa shape index (κ2) is 7.87. The minimum absolute atomic E-state index is 0.0423. The molecule has 4 nitrogen and oxygen atoms in total. The maximum Gasteiger partial charge on any atom is 0.311 e. The van der Waals surface area contributed by atoms with Gasteiger partial charge in [0.25, 0.3) is 0 Å². The summed E-state index contributed by atoms with van der Waals surface area (Å²) in [5, 5.41) is 9.83. The molecule has 19 heavy (non-hydrogen) atoms. The summed E-state index contributed by atoms with van der Waals surface area (Å²) >= 11 is 0. The van der Waals surface area contributed by atoms with Crippen molar-refractivity contribution in [1.82, 2.24) is 0 Å². The molecule has 0 spiro atoms. The zero-order valence-electron chi connectivity index (χ0n) is 12.1. The van der Waals surface area contributed by atoms with Crippen LogP contribution in [-0.2, 0) is 11.2 Å². The van der Waals surface area contributed by atoms with E-state index in [0.717, 1.165) is 19.3 Å². The highest BCUT2D eigenvalue weighted by atomic mass is 16.6. The summed E-state index contributed by atoms with van der Waals surface area (Å²) < 4.78 is 10.5. The van der Waals surface area contributed by atoms with Crippen LogP contribution in [0.25, 0.3) is 0 Å². The normalized spacial score (nSPS) is 10.7. The molecule has 0 saturated carbocycles. The first-order chi connectivity index (χ1) is 9.10. The van der Waals surface area contributed by atoms with E-state index in [2.05, 4.69) is 6.92 Å². The summed E-state index contributed by atoms with van der Waals surface area (Å²) in [6.45, 7) is 5.71. The molecule has 0 aliphatic rings. The number of furan rings is 1. The van der Waals surface area contributed by atoms with Gasteiger partial charge in [-0.05, 0) is 13.3 Å². The lowest BCUT2D eigenvalue weighted by Gasteiger charge is -2.03. The second-order valence-electron chi connectivity index (χ2n) is 4.75. The SMILES string of the molecule is CCCCCCCC(=O)Oc1c(C)oc(CC)c1O. The maximum atomic E-state index is 11.7. The molecule has 1 N–H and O–H groups in total. The number of hydrogen-bond acceptors (Lipinski definition) is 4. The van der Waals surface area contributed by atoms with E-state index in [9.17, 15) is 9.90 Å². The number of rotatable bonds is 8. The molecule has 1 rings (SSSR count). The van der Waals surface area contributed by atoms with Gasteiger partial charge in [-0.15, -0.1) is 0 Å². The van der Waals surface area contributed by atoms with E-state index in [1.54, 1.807) is 6.92 Å². The fraction of sp³-hybridized carbons (Fsp3) is 0.667. The molecular weight excluding hydrogens is 244 g/mol. The molecule has 0 fully saturated rings. The molecule has 1 heterocycles. The van der Waals surface area contributed by atoms with E-state index in [-0.39, 0.29) is 17.5 Å². The van der Waals surface area contributed by atoms with Gasteiger partial charge < -0.3 is 14.3 Å². The van der Waals surface area contributed by atoms with Crippen molar-refractivity contribution < 1.29 is 19.1 Å². The predicted molar refractivity (Wildman–Crippen MR) is 73.5 cm³/mol. The van der Waals surface area contributed by atoms with Crippen LogP contribution >= 0.6 is 0 Å². The van der Waals surface area contributed by atoms with Crippen LogP contribution in [0.2, 0.25) is 0 Å². The van der Waals surface area contributed by atoms with Gasteiger partial charge in [0.2, 0.25) is 11.5 Å². The summed E-state index contributed by atoms with van der Waals surface area (Å²) in [5.41, 5.74) is 0. The van der Waals surface area contributed by atoms with Gasteiger partial charge in [0, 0.05) is 12.8 Å². The number of ether oxygens (including phenoxy) is 1. The standard InChI is InChI=1S/C15H24O4/c1-4-6-7-8-9-10-13(16)19-15-11(3)18-12(5-2)14(15)17/h17H,4-10H2,1-3H3. The Kier molecular flexibility index (Phi) is 6.46. The smallest absolute Gasteiger partial charge is 0.311 e.